The monoisotopic (exact) mass is 317 g/mol. The van der Waals surface area contributed by atoms with Gasteiger partial charge in [-0.15, -0.1) is 0 Å². The molecule has 5 nitrogen and oxygen atoms in total. The minimum atomic E-state index is -4.38. The summed E-state index contributed by atoms with van der Waals surface area (Å²) in [6.07, 6.45) is -3.41. The molecule has 1 amide bonds. The van der Waals surface area contributed by atoms with Crippen molar-refractivity contribution < 1.29 is 32.3 Å². The molecule has 2 rings (SSSR count). The van der Waals surface area contributed by atoms with Gasteiger partial charge in [0.1, 0.15) is 11.3 Å². The first kappa shape index (κ1) is 16.1. The standard InChI is InChI=1S/C14H14F3NO4/c1-2-10-9(13(20)21)7-11(22-10)12(19)18-5-3-8(4-6-18)14(15,16)17/h3,7H,2,4-6H2,1H3,(H,20,21). The van der Waals surface area contributed by atoms with Gasteiger partial charge in [-0.25, -0.2) is 4.79 Å². The number of hydrogen-bond donors (Lipinski definition) is 1. The van der Waals surface area contributed by atoms with Crippen molar-refractivity contribution >= 4 is 11.9 Å². The third-order valence-corrected chi connectivity index (χ3v) is 3.43. The molecule has 1 N–H and O–H groups in total. The van der Waals surface area contributed by atoms with Gasteiger partial charge in [0.2, 0.25) is 0 Å². The zero-order chi connectivity index (χ0) is 16.5. The van der Waals surface area contributed by atoms with Crippen molar-refractivity contribution in [3.8, 4) is 0 Å². The highest BCUT2D eigenvalue weighted by Gasteiger charge is 2.36. The average molecular weight is 317 g/mol. The maximum atomic E-state index is 12.5. The van der Waals surface area contributed by atoms with Crippen LogP contribution in [-0.4, -0.2) is 41.1 Å². The molecule has 2 heterocycles. The summed E-state index contributed by atoms with van der Waals surface area (Å²) >= 11 is 0. The predicted molar refractivity (Wildman–Crippen MR) is 69.7 cm³/mol. The Balaban J connectivity index is 2.17. The highest BCUT2D eigenvalue weighted by atomic mass is 19.4. The highest BCUT2D eigenvalue weighted by molar-refractivity contribution is 5.96. The van der Waals surface area contributed by atoms with Gasteiger partial charge < -0.3 is 14.4 Å². The SMILES string of the molecule is CCc1oc(C(=O)N2CC=C(C(F)(F)F)CC2)cc1C(=O)O. The van der Waals surface area contributed by atoms with Crippen LogP contribution in [0.1, 0.15) is 40.0 Å². The Morgan fingerprint density at radius 3 is 2.50 bits per heavy atom. The van der Waals surface area contributed by atoms with Gasteiger partial charge in [0.15, 0.2) is 5.76 Å². The molecule has 0 bridgehead atoms. The molecule has 0 aliphatic carbocycles. The number of amides is 1. The number of carboxylic acid groups (broad SMARTS) is 1. The molecular formula is C14H14F3NO4. The van der Waals surface area contributed by atoms with E-state index in [2.05, 4.69) is 0 Å². The van der Waals surface area contributed by atoms with E-state index in [1.165, 1.54) is 4.90 Å². The number of furan rings is 1. The van der Waals surface area contributed by atoms with Crippen LogP contribution in [0.5, 0.6) is 0 Å². The van der Waals surface area contributed by atoms with Crippen molar-refractivity contribution in [1.82, 2.24) is 4.90 Å². The van der Waals surface area contributed by atoms with Crippen molar-refractivity contribution in [2.24, 2.45) is 0 Å². The number of alkyl halides is 3. The summed E-state index contributed by atoms with van der Waals surface area (Å²) in [4.78, 5) is 24.4. The van der Waals surface area contributed by atoms with Crippen molar-refractivity contribution in [1.29, 1.82) is 0 Å². The lowest BCUT2D eigenvalue weighted by atomic mass is 10.1. The van der Waals surface area contributed by atoms with Gasteiger partial charge in [0, 0.05) is 31.1 Å². The molecule has 0 fully saturated rings. The minimum Gasteiger partial charge on any atom is -0.478 e. The normalized spacial score (nSPS) is 15.6. The number of aryl methyl sites for hydroxylation is 1. The second-order valence-electron chi connectivity index (χ2n) is 4.83. The van der Waals surface area contributed by atoms with Gasteiger partial charge in [-0.3, -0.25) is 4.79 Å². The predicted octanol–water partition coefficient (Wildman–Crippen LogP) is 2.87. The zero-order valence-corrected chi connectivity index (χ0v) is 11.7. The number of halogens is 3. The van der Waals surface area contributed by atoms with E-state index in [0.29, 0.717) is 6.42 Å². The summed E-state index contributed by atoms with van der Waals surface area (Å²) in [7, 11) is 0. The summed E-state index contributed by atoms with van der Waals surface area (Å²) in [6, 6.07) is 1.12. The highest BCUT2D eigenvalue weighted by Crippen LogP contribution is 2.30. The number of carboxylic acids is 1. The van der Waals surface area contributed by atoms with Crippen molar-refractivity contribution in [2.45, 2.75) is 25.9 Å². The van der Waals surface area contributed by atoms with Crippen molar-refractivity contribution in [3.05, 3.63) is 34.8 Å². The summed E-state index contributed by atoms with van der Waals surface area (Å²) in [5, 5.41) is 9.01. The molecule has 1 aliphatic heterocycles. The van der Waals surface area contributed by atoms with Crippen molar-refractivity contribution in [2.75, 3.05) is 13.1 Å². The quantitative estimate of drug-likeness (QED) is 0.870. The lowest BCUT2D eigenvalue weighted by molar-refractivity contribution is -0.0957. The van der Waals surface area contributed by atoms with Gasteiger partial charge in [0.25, 0.3) is 5.91 Å². The molecule has 1 aliphatic rings. The van der Waals surface area contributed by atoms with Crippen LogP contribution in [0.15, 0.2) is 22.1 Å². The molecule has 22 heavy (non-hydrogen) atoms. The Kier molecular flexibility index (Phi) is 4.30. The molecule has 0 saturated carbocycles. The maximum Gasteiger partial charge on any atom is 0.412 e. The van der Waals surface area contributed by atoms with E-state index >= 15 is 0 Å². The van der Waals surface area contributed by atoms with Crippen LogP contribution in [0.4, 0.5) is 13.2 Å². The molecule has 1 aromatic rings. The van der Waals surface area contributed by atoms with E-state index in [1.54, 1.807) is 6.92 Å². The largest absolute Gasteiger partial charge is 0.478 e. The van der Waals surface area contributed by atoms with Crippen LogP contribution in [0, 0.1) is 0 Å². The van der Waals surface area contributed by atoms with Crippen LogP contribution in [0.25, 0.3) is 0 Å². The zero-order valence-electron chi connectivity index (χ0n) is 11.7. The average Bonchev–Trinajstić information content (AvgIpc) is 2.90. The first-order valence-electron chi connectivity index (χ1n) is 6.65. The van der Waals surface area contributed by atoms with Crippen molar-refractivity contribution in [3.63, 3.8) is 0 Å². The van der Waals surface area contributed by atoms with E-state index in [1.807, 2.05) is 0 Å². The number of carbonyl (C=O) groups excluding carboxylic acids is 1. The van der Waals surface area contributed by atoms with E-state index in [0.717, 1.165) is 12.1 Å². The Morgan fingerprint density at radius 1 is 1.41 bits per heavy atom. The van der Waals surface area contributed by atoms with Gasteiger partial charge in [-0.1, -0.05) is 13.0 Å². The topological polar surface area (TPSA) is 70.8 Å². The van der Waals surface area contributed by atoms with E-state index in [-0.39, 0.29) is 36.6 Å². The van der Waals surface area contributed by atoms with Gasteiger partial charge >= 0.3 is 12.1 Å². The Hall–Kier alpha value is -2.25. The van der Waals surface area contributed by atoms with E-state index < -0.39 is 23.6 Å². The van der Waals surface area contributed by atoms with Crippen LogP contribution >= 0.6 is 0 Å². The molecule has 1 aromatic heterocycles. The van der Waals surface area contributed by atoms with E-state index in [9.17, 15) is 22.8 Å². The lowest BCUT2D eigenvalue weighted by Gasteiger charge is -2.26. The molecule has 120 valence electrons. The number of carbonyl (C=O) groups is 2. The van der Waals surface area contributed by atoms with Crippen LogP contribution < -0.4 is 0 Å². The number of aromatic carboxylic acids is 1. The fourth-order valence-electron chi connectivity index (χ4n) is 2.24. The molecule has 0 spiro atoms. The molecule has 0 aromatic carbocycles. The Labute approximate surface area is 124 Å². The molecule has 8 heteroatoms. The second-order valence-corrected chi connectivity index (χ2v) is 4.83. The fraction of sp³-hybridized carbons (Fsp3) is 0.429. The third-order valence-electron chi connectivity index (χ3n) is 3.43. The van der Waals surface area contributed by atoms with Crippen LogP contribution in [-0.2, 0) is 6.42 Å². The fourth-order valence-corrected chi connectivity index (χ4v) is 2.24. The number of nitrogens with zero attached hydrogens (tertiary/aromatic N) is 1. The minimum absolute atomic E-state index is 0.0886. The summed E-state index contributed by atoms with van der Waals surface area (Å²) in [5.74, 6) is -1.82. The second kappa shape index (κ2) is 5.86. The van der Waals surface area contributed by atoms with Crippen LogP contribution in [0.3, 0.4) is 0 Å². The first-order chi connectivity index (χ1) is 10.2. The maximum absolute atomic E-state index is 12.5. The molecule has 0 atom stereocenters. The first-order valence-corrected chi connectivity index (χ1v) is 6.65. The number of rotatable bonds is 3. The third kappa shape index (κ3) is 3.15. The Morgan fingerprint density at radius 2 is 2.09 bits per heavy atom. The smallest absolute Gasteiger partial charge is 0.412 e. The molecule has 0 unspecified atom stereocenters. The Bertz CT molecular complexity index is 631. The van der Waals surface area contributed by atoms with Crippen LogP contribution in [0.2, 0.25) is 0 Å². The van der Waals surface area contributed by atoms with Gasteiger partial charge in [0.05, 0.1) is 0 Å². The summed E-state index contributed by atoms with van der Waals surface area (Å²) in [5.41, 5.74) is -0.758. The summed E-state index contributed by atoms with van der Waals surface area (Å²) in [6.45, 7) is 1.41. The lowest BCUT2D eigenvalue weighted by Crippen LogP contribution is -2.36. The number of hydrogen-bond acceptors (Lipinski definition) is 3. The van der Waals surface area contributed by atoms with Gasteiger partial charge in [-0.2, -0.15) is 13.2 Å². The molecule has 0 radical (unpaired) electrons. The molecule has 0 saturated heterocycles. The molecular weight excluding hydrogens is 303 g/mol. The summed E-state index contributed by atoms with van der Waals surface area (Å²) < 4.78 is 42.8. The van der Waals surface area contributed by atoms with Gasteiger partial charge in [-0.05, 0) is 6.42 Å². The van der Waals surface area contributed by atoms with E-state index in [4.69, 9.17) is 9.52 Å².